The van der Waals surface area contributed by atoms with Crippen LogP contribution in [0.1, 0.15) is 67.3 Å². The van der Waals surface area contributed by atoms with Gasteiger partial charge in [0.2, 0.25) is 0 Å². The number of nitrogens with two attached hydrogens (primary N) is 2. The molecule has 5 nitrogen and oxygen atoms in total. The number of rotatable bonds is 7. The number of alkyl halides is 3. The van der Waals surface area contributed by atoms with E-state index in [9.17, 15) is 18.3 Å². The van der Waals surface area contributed by atoms with Crippen LogP contribution >= 0.6 is 0 Å². The van der Waals surface area contributed by atoms with Gasteiger partial charge in [-0.25, -0.2) is 5.90 Å². The summed E-state index contributed by atoms with van der Waals surface area (Å²) in [6.07, 6.45) is -1.75. The van der Waals surface area contributed by atoms with Crippen molar-refractivity contribution in [2.75, 3.05) is 6.54 Å². The molecular weight excluding hydrogens is 467 g/mol. The Labute approximate surface area is 209 Å². The van der Waals surface area contributed by atoms with E-state index in [4.69, 9.17) is 16.5 Å². The summed E-state index contributed by atoms with van der Waals surface area (Å²) in [5, 5.41) is 11.1. The van der Waals surface area contributed by atoms with Crippen molar-refractivity contribution in [2.24, 2.45) is 11.6 Å². The third kappa shape index (κ3) is 4.83. The van der Waals surface area contributed by atoms with Crippen LogP contribution in [0, 0.1) is 6.92 Å². The molecule has 4 rings (SSSR count). The first-order chi connectivity index (χ1) is 17.1. The van der Waals surface area contributed by atoms with Crippen LogP contribution in [0.3, 0.4) is 0 Å². The third-order valence-electron chi connectivity index (χ3n) is 7.66. The second-order valence-corrected chi connectivity index (χ2v) is 9.70. The van der Waals surface area contributed by atoms with Crippen LogP contribution in [-0.4, -0.2) is 28.4 Å². The summed E-state index contributed by atoms with van der Waals surface area (Å²) in [6.45, 7) is 4.80. The Hall–Kier alpha value is -2.65. The highest BCUT2D eigenvalue weighted by Crippen LogP contribution is 2.47. The minimum Gasteiger partial charge on any atom is -0.380 e. The van der Waals surface area contributed by atoms with E-state index in [1.165, 1.54) is 0 Å². The lowest BCUT2D eigenvalue weighted by atomic mass is 9.74. The number of benzene rings is 2. The summed E-state index contributed by atoms with van der Waals surface area (Å²) >= 11 is 0. The normalized spacial score (nSPS) is 21.3. The van der Waals surface area contributed by atoms with E-state index < -0.39 is 11.8 Å². The second-order valence-electron chi connectivity index (χ2n) is 9.70. The maximum absolute atomic E-state index is 13.3. The third-order valence-corrected chi connectivity index (χ3v) is 7.66. The summed E-state index contributed by atoms with van der Waals surface area (Å²) in [5.41, 5.74) is 11.3. The van der Waals surface area contributed by atoms with E-state index >= 15 is 0 Å². The minimum atomic E-state index is -4.60. The first kappa shape index (κ1) is 26.4. The molecule has 6 N–H and O–H groups in total. The fourth-order valence-corrected chi connectivity index (χ4v) is 5.56. The molecule has 3 aromatic rings. The van der Waals surface area contributed by atoms with E-state index in [0.717, 1.165) is 56.4 Å². The number of nitrogens with one attached hydrogen (secondary N) is 1. The first-order valence-electron chi connectivity index (χ1n) is 12.4. The predicted octanol–water partition coefficient (Wildman–Crippen LogP) is 6.24. The summed E-state index contributed by atoms with van der Waals surface area (Å²) in [7, 11) is 0. The number of aromatic nitrogens is 1. The van der Waals surface area contributed by atoms with Crippen molar-refractivity contribution in [3.05, 3.63) is 64.9 Å². The molecule has 0 aliphatic heterocycles. The number of fused-ring (bicyclic) bond motifs is 1. The fraction of sp³-hybridized carbons (Fsp3) is 0.429. The van der Waals surface area contributed by atoms with Crippen LogP contribution < -0.4 is 11.6 Å². The van der Waals surface area contributed by atoms with Gasteiger partial charge in [0.05, 0.1) is 12.1 Å². The number of H-pyrrole nitrogens is 1. The maximum Gasteiger partial charge on any atom is 0.417 e. The summed E-state index contributed by atoms with van der Waals surface area (Å²) in [6, 6.07) is 12.2. The predicted molar refractivity (Wildman–Crippen MR) is 137 cm³/mol. The fourth-order valence-electron chi connectivity index (χ4n) is 5.56. The minimum absolute atomic E-state index is 0.0334. The van der Waals surface area contributed by atoms with E-state index in [1.807, 2.05) is 43.3 Å². The van der Waals surface area contributed by atoms with Gasteiger partial charge in [-0.1, -0.05) is 43.3 Å². The van der Waals surface area contributed by atoms with Crippen LogP contribution in [0.4, 0.5) is 13.2 Å². The van der Waals surface area contributed by atoms with Crippen molar-refractivity contribution >= 4 is 16.5 Å². The molecule has 0 atom stereocenters. The molecular formula is C28H34F3N3O2. The molecule has 1 aromatic heterocycles. The zero-order chi connectivity index (χ0) is 26.1. The summed E-state index contributed by atoms with van der Waals surface area (Å²) in [5.74, 6) is 5.35. The summed E-state index contributed by atoms with van der Waals surface area (Å²) in [4.78, 5) is 8.45. The van der Waals surface area contributed by atoms with Crippen LogP contribution in [0.15, 0.2) is 42.5 Å². The van der Waals surface area contributed by atoms with Crippen molar-refractivity contribution in [1.82, 2.24) is 4.98 Å². The van der Waals surface area contributed by atoms with E-state index in [0.29, 0.717) is 19.4 Å². The Morgan fingerprint density at radius 3 is 2.53 bits per heavy atom. The molecule has 1 aliphatic carbocycles. The molecule has 1 heterocycles. The van der Waals surface area contributed by atoms with Gasteiger partial charge < -0.3 is 15.8 Å². The average molecular weight is 502 g/mol. The SMILES string of the molecule is CC/C(=C\CN)c1cc2c(-c3cccc(C4CCC(O)(C(F)(F)F)CC4)c3C)ccc(CON)c2[nH]1. The standard InChI is InChI=1S/C28H34F3N3O2/c1-3-18(11-14-32)25-15-24-23(8-7-20(16-36-33)26(24)34-25)22-6-4-5-21(17(22)2)19-9-12-27(35,13-10-19)28(29,30)31/h4-8,11,15,19,34-35H,3,9-10,12-14,16,32-33H2,1-2H3/b18-11+. The van der Waals surface area contributed by atoms with Gasteiger partial charge >= 0.3 is 6.18 Å². The molecule has 2 aromatic carbocycles. The van der Waals surface area contributed by atoms with Crippen molar-refractivity contribution in [3.63, 3.8) is 0 Å². The monoisotopic (exact) mass is 501 g/mol. The van der Waals surface area contributed by atoms with Crippen LogP contribution in [0.5, 0.6) is 0 Å². The smallest absolute Gasteiger partial charge is 0.380 e. The molecule has 0 saturated heterocycles. The van der Waals surface area contributed by atoms with Gasteiger partial charge in [0.15, 0.2) is 5.60 Å². The Morgan fingerprint density at radius 1 is 1.19 bits per heavy atom. The highest BCUT2D eigenvalue weighted by Gasteiger charge is 2.54. The highest BCUT2D eigenvalue weighted by molar-refractivity contribution is 5.99. The largest absolute Gasteiger partial charge is 0.417 e. The Morgan fingerprint density at radius 2 is 1.92 bits per heavy atom. The molecule has 0 radical (unpaired) electrons. The molecule has 1 saturated carbocycles. The van der Waals surface area contributed by atoms with Gasteiger partial charge in [0, 0.05) is 23.2 Å². The van der Waals surface area contributed by atoms with Crippen molar-refractivity contribution < 1.29 is 23.1 Å². The average Bonchev–Trinajstić information content (AvgIpc) is 3.29. The maximum atomic E-state index is 13.3. The van der Waals surface area contributed by atoms with Crippen LogP contribution in [0.2, 0.25) is 0 Å². The Kier molecular flexibility index (Phi) is 7.61. The Bertz CT molecular complexity index is 1250. The highest BCUT2D eigenvalue weighted by atomic mass is 19.4. The molecule has 8 heteroatoms. The molecule has 194 valence electrons. The van der Waals surface area contributed by atoms with Gasteiger partial charge in [0.1, 0.15) is 0 Å². The lowest BCUT2D eigenvalue weighted by Gasteiger charge is -2.37. The molecule has 0 bridgehead atoms. The molecule has 1 fully saturated rings. The van der Waals surface area contributed by atoms with E-state index in [-0.39, 0.29) is 25.4 Å². The lowest BCUT2D eigenvalue weighted by molar-refractivity contribution is -0.270. The number of allylic oxidation sites excluding steroid dienone is 1. The first-order valence-corrected chi connectivity index (χ1v) is 12.4. The van der Waals surface area contributed by atoms with Crippen LogP contribution in [0.25, 0.3) is 27.6 Å². The molecule has 1 aliphatic rings. The molecule has 0 spiro atoms. The van der Waals surface area contributed by atoms with Gasteiger partial charge in [-0.3, -0.25) is 4.84 Å². The number of aromatic amines is 1. The van der Waals surface area contributed by atoms with Gasteiger partial charge in [-0.2, -0.15) is 13.2 Å². The second kappa shape index (κ2) is 10.4. The molecule has 36 heavy (non-hydrogen) atoms. The Balaban J connectivity index is 1.76. The number of hydrogen-bond acceptors (Lipinski definition) is 4. The van der Waals surface area contributed by atoms with E-state index in [2.05, 4.69) is 18.0 Å². The number of halogens is 3. The van der Waals surface area contributed by atoms with Crippen LogP contribution in [-0.2, 0) is 11.4 Å². The number of hydrogen-bond donors (Lipinski definition) is 4. The van der Waals surface area contributed by atoms with Crippen molar-refractivity contribution in [3.8, 4) is 11.1 Å². The lowest BCUT2D eigenvalue weighted by Crippen LogP contribution is -2.47. The summed E-state index contributed by atoms with van der Waals surface area (Å²) < 4.78 is 39.9. The zero-order valence-corrected chi connectivity index (χ0v) is 20.7. The quantitative estimate of drug-likeness (QED) is 0.288. The molecule has 0 unspecified atom stereocenters. The van der Waals surface area contributed by atoms with Crippen molar-refractivity contribution in [2.45, 2.75) is 70.3 Å². The van der Waals surface area contributed by atoms with Crippen molar-refractivity contribution in [1.29, 1.82) is 0 Å². The number of aliphatic hydroxyl groups is 1. The molecule has 0 amide bonds. The van der Waals surface area contributed by atoms with Gasteiger partial charge in [0.25, 0.3) is 0 Å². The topological polar surface area (TPSA) is 97.3 Å². The zero-order valence-electron chi connectivity index (χ0n) is 20.7. The van der Waals surface area contributed by atoms with E-state index in [1.54, 1.807) is 0 Å². The van der Waals surface area contributed by atoms with Gasteiger partial charge in [-0.05, 0) is 78.8 Å². The van der Waals surface area contributed by atoms with Gasteiger partial charge in [-0.15, -0.1) is 0 Å².